The second kappa shape index (κ2) is 8.21. The van der Waals surface area contributed by atoms with Crippen LogP contribution in [0.25, 0.3) is 0 Å². The normalized spacial score (nSPS) is 33.7. The van der Waals surface area contributed by atoms with Crippen LogP contribution < -0.4 is 21.3 Å². The Morgan fingerprint density at radius 3 is 1.23 bits per heavy atom. The summed E-state index contributed by atoms with van der Waals surface area (Å²) in [6.45, 7) is 12.8. The highest BCUT2D eigenvalue weighted by molar-refractivity contribution is 5.86. The quantitative estimate of drug-likeness (QED) is 0.535. The molecule has 1 aliphatic heterocycles. The van der Waals surface area contributed by atoms with Crippen molar-refractivity contribution in [1.82, 2.24) is 21.3 Å². The third kappa shape index (κ3) is 5.90. The van der Waals surface area contributed by atoms with Crippen LogP contribution in [-0.2, 0) is 19.1 Å². The molecule has 26 heavy (non-hydrogen) atoms. The number of hydrogen-bond donors (Lipinski definition) is 4. The molecule has 4 N–H and O–H groups in total. The average molecular weight is 373 g/mol. The number of amides is 2. The van der Waals surface area contributed by atoms with Crippen LogP contribution in [0.5, 0.6) is 0 Å². The summed E-state index contributed by atoms with van der Waals surface area (Å²) in [7, 11) is 3.04. The second-order valence-electron chi connectivity index (χ2n) is 8.75. The van der Waals surface area contributed by atoms with Gasteiger partial charge in [0.1, 0.15) is 0 Å². The predicted molar refractivity (Wildman–Crippen MR) is 101 cm³/mol. The third-order valence-electron chi connectivity index (χ3n) is 4.82. The fourth-order valence-electron chi connectivity index (χ4n) is 2.68. The monoisotopic (exact) mass is 372 g/mol. The maximum absolute atomic E-state index is 12.8. The van der Waals surface area contributed by atoms with E-state index in [0.29, 0.717) is 26.2 Å². The van der Waals surface area contributed by atoms with E-state index in [-0.39, 0.29) is 11.8 Å². The van der Waals surface area contributed by atoms with Gasteiger partial charge in [-0.05, 0) is 41.5 Å². The lowest BCUT2D eigenvalue weighted by atomic mass is 9.97. The molecule has 0 aliphatic carbocycles. The van der Waals surface area contributed by atoms with Gasteiger partial charge in [0.15, 0.2) is 11.2 Å². The molecule has 8 nitrogen and oxygen atoms in total. The molecular weight excluding hydrogens is 336 g/mol. The van der Waals surface area contributed by atoms with Gasteiger partial charge in [0.2, 0.25) is 0 Å². The van der Waals surface area contributed by atoms with Crippen molar-refractivity contribution in [3.8, 4) is 0 Å². The van der Waals surface area contributed by atoms with Gasteiger partial charge in [-0.1, -0.05) is 0 Å². The van der Waals surface area contributed by atoms with E-state index in [2.05, 4.69) is 21.3 Å². The van der Waals surface area contributed by atoms with Crippen molar-refractivity contribution < 1.29 is 19.1 Å². The standard InChI is InChI=1S/C18H36N4O4/c1-15(2)9-19-11-18(6,26-8)14(24)22-16(3,4)10-20-12-17(5,25-7)13(23)21-15/h19-20H,9-12H2,1-8H3,(H,21,23)(H,22,24)/t17-,18+. The van der Waals surface area contributed by atoms with Crippen LogP contribution in [0, 0.1) is 0 Å². The molecule has 0 saturated carbocycles. The van der Waals surface area contributed by atoms with Gasteiger partial charge < -0.3 is 30.7 Å². The molecule has 0 radical (unpaired) electrons. The predicted octanol–water partition coefficient (Wildman–Crippen LogP) is -0.221. The minimum Gasteiger partial charge on any atom is -0.367 e. The van der Waals surface area contributed by atoms with E-state index in [9.17, 15) is 9.59 Å². The number of nitrogens with one attached hydrogen (secondary N) is 4. The first-order chi connectivity index (χ1) is 11.8. The largest absolute Gasteiger partial charge is 0.367 e. The van der Waals surface area contributed by atoms with Crippen molar-refractivity contribution >= 4 is 11.8 Å². The lowest BCUT2D eigenvalue weighted by molar-refractivity contribution is -0.145. The Kier molecular flexibility index (Phi) is 7.20. The summed E-state index contributed by atoms with van der Waals surface area (Å²) in [5.74, 6) is -0.375. The molecule has 1 fully saturated rings. The van der Waals surface area contributed by atoms with Crippen molar-refractivity contribution in [2.75, 3.05) is 40.4 Å². The second-order valence-corrected chi connectivity index (χ2v) is 8.75. The number of hydrogen-bond acceptors (Lipinski definition) is 6. The maximum Gasteiger partial charge on any atom is 0.253 e. The first-order valence-electron chi connectivity index (χ1n) is 8.96. The first-order valence-corrected chi connectivity index (χ1v) is 8.96. The van der Waals surface area contributed by atoms with E-state index >= 15 is 0 Å². The highest BCUT2D eigenvalue weighted by Gasteiger charge is 2.39. The molecule has 0 aromatic heterocycles. The van der Waals surface area contributed by atoms with Crippen LogP contribution in [0.3, 0.4) is 0 Å². The molecule has 1 saturated heterocycles. The number of rotatable bonds is 2. The molecule has 0 bridgehead atoms. The molecule has 0 spiro atoms. The minimum absolute atomic E-state index is 0.187. The van der Waals surface area contributed by atoms with E-state index in [1.54, 1.807) is 13.8 Å². The van der Waals surface area contributed by atoms with Crippen LogP contribution in [0.1, 0.15) is 41.5 Å². The minimum atomic E-state index is -1.01. The van der Waals surface area contributed by atoms with Gasteiger partial charge in [0, 0.05) is 51.5 Å². The van der Waals surface area contributed by atoms with Crippen molar-refractivity contribution in [2.45, 2.75) is 63.8 Å². The first kappa shape index (κ1) is 22.8. The SMILES string of the molecule is CO[C@]1(C)CNCC(C)(C)NC(=O)[C@@](C)(OC)CNCC(C)(C)NC1=O. The maximum atomic E-state index is 12.8. The van der Waals surface area contributed by atoms with Gasteiger partial charge in [-0.15, -0.1) is 0 Å². The molecule has 2 atom stereocenters. The number of carbonyl (C=O) groups excluding carboxylic acids is 2. The Hall–Kier alpha value is -1.22. The number of carbonyl (C=O) groups is 2. The van der Waals surface area contributed by atoms with Gasteiger partial charge >= 0.3 is 0 Å². The van der Waals surface area contributed by atoms with Crippen molar-refractivity contribution in [3.63, 3.8) is 0 Å². The summed E-state index contributed by atoms with van der Waals surface area (Å²) < 4.78 is 11.0. The Balaban J connectivity index is 3.08. The van der Waals surface area contributed by atoms with Crippen LogP contribution in [0.2, 0.25) is 0 Å². The summed E-state index contributed by atoms with van der Waals surface area (Å²) in [5, 5.41) is 12.5. The van der Waals surface area contributed by atoms with Gasteiger partial charge in [0.25, 0.3) is 11.8 Å². The van der Waals surface area contributed by atoms with E-state index in [1.165, 1.54) is 14.2 Å². The molecule has 1 aliphatic rings. The van der Waals surface area contributed by atoms with E-state index in [1.807, 2.05) is 27.7 Å². The Morgan fingerprint density at radius 1 is 0.654 bits per heavy atom. The highest BCUT2D eigenvalue weighted by Crippen LogP contribution is 2.15. The Morgan fingerprint density at radius 2 is 0.962 bits per heavy atom. The molecule has 8 heteroatoms. The fraction of sp³-hybridized carbons (Fsp3) is 0.889. The molecule has 0 unspecified atom stereocenters. The van der Waals surface area contributed by atoms with Crippen molar-refractivity contribution in [3.05, 3.63) is 0 Å². The van der Waals surface area contributed by atoms with Crippen molar-refractivity contribution in [2.24, 2.45) is 0 Å². The summed E-state index contributed by atoms with van der Waals surface area (Å²) in [6.07, 6.45) is 0. The fourth-order valence-corrected chi connectivity index (χ4v) is 2.68. The lowest BCUT2D eigenvalue weighted by Crippen LogP contribution is -2.64. The Labute approximate surface area is 157 Å². The van der Waals surface area contributed by atoms with E-state index < -0.39 is 22.3 Å². The van der Waals surface area contributed by atoms with Crippen LogP contribution in [-0.4, -0.2) is 74.5 Å². The lowest BCUT2D eigenvalue weighted by Gasteiger charge is -2.38. The van der Waals surface area contributed by atoms with Crippen LogP contribution in [0.15, 0.2) is 0 Å². The van der Waals surface area contributed by atoms with Gasteiger partial charge in [-0.3, -0.25) is 9.59 Å². The molecule has 0 aromatic carbocycles. The smallest absolute Gasteiger partial charge is 0.253 e. The number of ether oxygens (including phenoxy) is 2. The third-order valence-corrected chi connectivity index (χ3v) is 4.82. The summed E-state index contributed by atoms with van der Waals surface area (Å²) >= 11 is 0. The summed E-state index contributed by atoms with van der Waals surface area (Å²) in [6, 6.07) is 0. The van der Waals surface area contributed by atoms with Gasteiger partial charge in [-0.2, -0.15) is 0 Å². The molecule has 152 valence electrons. The topological polar surface area (TPSA) is 101 Å². The summed E-state index contributed by atoms with van der Waals surface area (Å²) in [5.41, 5.74) is -3.07. The van der Waals surface area contributed by atoms with E-state index in [4.69, 9.17) is 9.47 Å². The zero-order valence-electron chi connectivity index (χ0n) is 17.5. The van der Waals surface area contributed by atoms with Crippen LogP contribution >= 0.6 is 0 Å². The van der Waals surface area contributed by atoms with E-state index in [0.717, 1.165) is 0 Å². The highest BCUT2D eigenvalue weighted by atomic mass is 16.5. The van der Waals surface area contributed by atoms with Gasteiger partial charge in [0.05, 0.1) is 0 Å². The average Bonchev–Trinajstić information content (AvgIpc) is 2.52. The molecule has 2 amide bonds. The zero-order valence-corrected chi connectivity index (χ0v) is 17.5. The van der Waals surface area contributed by atoms with Crippen LogP contribution in [0.4, 0.5) is 0 Å². The molecule has 0 aromatic rings. The Bertz CT molecular complexity index is 477. The molecule has 1 heterocycles. The molecule has 1 rings (SSSR count). The molecular formula is C18H36N4O4. The van der Waals surface area contributed by atoms with Gasteiger partial charge in [-0.25, -0.2) is 0 Å². The summed E-state index contributed by atoms with van der Waals surface area (Å²) in [4.78, 5) is 25.5. The zero-order chi connectivity index (χ0) is 20.2. The number of methoxy groups -OCH3 is 2. The van der Waals surface area contributed by atoms with Crippen molar-refractivity contribution in [1.29, 1.82) is 0 Å².